The lowest BCUT2D eigenvalue weighted by Gasteiger charge is -2.25. The summed E-state index contributed by atoms with van der Waals surface area (Å²) >= 11 is 6.80. The fourth-order valence-corrected chi connectivity index (χ4v) is 6.12. The molecule has 3 aromatic carbocycles. The summed E-state index contributed by atoms with van der Waals surface area (Å²) in [5, 5.41) is 38.9. The molecule has 10 nitrogen and oxygen atoms in total. The monoisotopic (exact) mass is 700 g/mol. The lowest BCUT2D eigenvalue weighted by Crippen LogP contribution is -2.34. The Bertz CT molecular complexity index is 1790. The summed E-state index contributed by atoms with van der Waals surface area (Å²) < 4.78 is 24.1. The highest BCUT2D eigenvalue weighted by atomic mass is 35.5. The Balaban J connectivity index is 1.34. The van der Waals surface area contributed by atoms with E-state index in [0.717, 1.165) is 44.9 Å². The molecule has 4 aromatic rings. The first-order valence-corrected chi connectivity index (χ1v) is 16.9. The Morgan fingerprint density at radius 3 is 2.55 bits per heavy atom. The van der Waals surface area contributed by atoms with Crippen LogP contribution in [0.4, 0.5) is 0 Å². The lowest BCUT2D eigenvalue weighted by molar-refractivity contribution is -0.0184. The Labute approximate surface area is 294 Å². The normalized spacial score (nSPS) is 14.2. The van der Waals surface area contributed by atoms with E-state index in [4.69, 9.17) is 30.5 Å². The molecule has 0 saturated carbocycles. The van der Waals surface area contributed by atoms with Crippen LogP contribution < -0.4 is 18.9 Å². The molecule has 0 amide bonds. The number of hydrogen-bond acceptors (Lipinski definition) is 10. The molecule has 0 fully saturated rings. The van der Waals surface area contributed by atoms with Crippen molar-refractivity contribution in [3.63, 3.8) is 0 Å². The van der Waals surface area contributed by atoms with Crippen molar-refractivity contribution in [3.8, 4) is 40.2 Å². The molecule has 49 heavy (non-hydrogen) atoms. The van der Waals surface area contributed by atoms with Crippen LogP contribution in [0.15, 0.2) is 67.0 Å². The first-order chi connectivity index (χ1) is 23.7. The minimum absolute atomic E-state index is 0.172. The van der Waals surface area contributed by atoms with Gasteiger partial charge < -0.3 is 39.2 Å². The second kappa shape index (κ2) is 17.0. The molecule has 1 unspecified atom stereocenters. The highest BCUT2D eigenvalue weighted by Gasteiger charge is 2.23. The van der Waals surface area contributed by atoms with Gasteiger partial charge in [-0.25, -0.2) is 0 Å². The van der Waals surface area contributed by atoms with Gasteiger partial charge in [-0.3, -0.25) is 4.98 Å². The molecule has 12 heteroatoms. The molecule has 3 N–H and O–H groups in total. The van der Waals surface area contributed by atoms with Gasteiger partial charge in [-0.1, -0.05) is 35.9 Å². The summed E-state index contributed by atoms with van der Waals surface area (Å²) in [5.41, 5.74) is 5.70. The molecule has 0 saturated heterocycles. The summed E-state index contributed by atoms with van der Waals surface area (Å²) in [6, 6.07) is 19.5. The molecule has 0 aliphatic carbocycles. The third-order valence-corrected chi connectivity index (χ3v) is 9.30. The Kier molecular flexibility index (Phi) is 12.5. The molecular weight excluding hydrogens is 662 g/mol. The number of hydrogen-bond donors (Lipinski definition) is 3. The minimum atomic E-state index is -1.23. The summed E-state index contributed by atoms with van der Waals surface area (Å²) in [6.07, 6.45) is 1.32. The number of benzene rings is 3. The zero-order valence-electron chi connectivity index (χ0n) is 27.4. The average Bonchev–Trinajstić information content (AvgIpc) is 3.12. The number of fused-ring (bicyclic) bond motifs is 1. The van der Waals surface area contributed by atoms with Gasteiger partial charge in [0.1, 0.15) is 50.1 Å². The number of nitrogens with zero attached hydrogens (tertiary/aromatic N) is 3. The Morgan fingerprint density at radius 1 is 1.00 bits per heavy atom. The zero-order chi connectivity index (χ0) is 34.9. The van der Waals surface area contributed by atoms with Crippen molar-refractivity contribution >= 4 is 21.8 Å². The number of aliphatic hydroxyl groups excluding tert-OH is 3. The van der Waals surface area contributed by atoms with E-state index in [-0.39, 0.29) is 13.2 Å². The van der Waals surface area contributed by atoms with Gasteiger partial charge in [-0.05, 0) is 79.0 Å². The van der Waals surface area contributed by atoms with Crippen LogP contribution in [0.25, 0.3) is 11.1 Å². The molecule has 5 rings (SSSR count). The maximum absolute atomic E-state index is 10.2. The summed E-state index contributed by atoms with van der Waals surface area (Å²) in [4.78, 5) is 6.17. The van der Waals surface area contributed by atoms with E-state index in [1.54, 1.807) is 18.3 Å². The topological polar surface area (TPSA) is 138 Å². The second-order valence-electron chi connectivity index (χ2n) is 12.0. The van der Waals surface area contributed by atoms with Gasteiger partial charge in [-0.2, -0.15) is 5.26 Å². The smallest absolute Gasteiger partial charge is 0.161 e. The van der Waals surface area contributed by atoms with E-state index in [9.17, 15) is 20.6 Å². The van der Waals surface area contributed by atoms with E-state index >= 15 is 0 Å². The van der Waals surface area contributed by atoms with Gasteiger partial charge in [0.25, 0.3) is 0 Å². The van der Waals surface area contributed by atoms with Crippen LogP contribution in [0.5, 0.6) is 23.0 Å². The van der Waals surface area contributed by atoms with E-state index in [1.807, 2.05) is 48.3 Å². The first kappa shape index (κ1) is 36.1. The number of halogens is 1. The number of ether oxygens (including phenoxy) is 4. The van der Waals surface area contributed by atoms with E-state index in [2.05, 4.69) is 34.3 Å². The molecule has 1 aliphatic rings. The maximum atomic E-state index is 10.2. The third-order valence-electron chi connectivity index (χ3n) is 8.37. The molecule has 1 aromatic heterocycles. The van der Waals surface area contributed by atoms with Gasteiger partial charge in [0.15, 0.2) is 11.5 Å². The first-order valence-electron chi connectivity index (χ1n) is 15.9. The van der Waals surface area contributed by atoms with Gasteiger partial charge in [0, 0.05) is 46.4 Å². The van der Waals surface area contributed by atoms with Gasteiger partial charge in [-0.15, -0.1) is 0 Å². The summed E-state index contributed by atoms with van der Waals surface area (Å²) in [5.74, 6) is 2.49. The van der Waals surface area contributed by atoms with Crippen LogP contribution in [-0.4, -0.2) is 81.1 Å². The lowest BCUT2D eigenvalue weighted by atomic mass is 9.96. The Morgan fingerprint density at radius 2 is 1.78 bits per heavy atom. The number of aliphatic hydroxyl groups is 3. The highest BCUT2D eigenvalue weighted by Crippen LogP contribution is 2.38. The van der Waals surface area contributed by atoms with Crippen molar-refractivity contribution in [2.24, 2.45) is 0 Å². The van der Waals surface area contributed by atoms with Crippen LogP contribution in [0.3, 0.4) is 0 Å². The van der Waals surface area contributed by atoms with Gasteiger partial charge in [0.2, 0.25) is 0 Å². The van der Waals surface area contributed by atoms with E-state index < -0.39 is 24.4 Å². The van der Waals surface area contributed by atoms with Crippen molar-refractivity contribution in [3.05, 3.63) is 99.8 Å². The fraction of sp³-hybridized carbons (Fsp3) is 0.351. The second-order valence-corrected chi connectivity index (χ2v) is 13.1. The quantitative estimate of drug-likeness (QED) is 0.145. The minimum Gasteiger partial charge on any atom is -0.488 e. The Hall–Kier alpha value is -4.15. The van der Waals surface area contributed by atoms with Crippen molar-refractivity contribution in [2.75, 3.05) is 33.4 Å². The molecule has 0 spiro atoms. The number of rotatable bonds is 15. The van der Waals surface area contributed by atoms with E-state index in [0.29, 0.717) is 54.8 Å². The van der Waals surface area contributed by atoms with Crippen LogP contribution in [-0.2, 0) is 19.8 Å². The molecular formula is C37H39ClN3O7Si. The van der Waals surface area contributed by atoms with Crippen LogP contribution in [0.1, 0.15) is 34.2 Å². The molecule has 3 radical (unpaired) electrons. The van der Waals surface area contributed by atoms with Crippen molar-refractivity contribution in [1.82, 2.24) is 9.88 Å². The highest BCUT2D eigenvalue weighted by molar-refractivity contribution is 6.32. The average molecular weight is 701 g/mol. The zero-order valence-corrected chi connectivity index (χ0v) is 29.2. The van der Waals surface area contributed by atoms with Crippen LogP contribution in [0.2, 0.25) is 10.6 Å². The van der Waals surface area contributed by atoms with E-state index in [1.165, 1.54) is 6.20 Å². The summed E-state index contributed by atoms with van der Waals surface area (Å²) in [7, 11) is 5.40. The standard InChI is InChI=1S/C37H39ClN3O7Si/c1-23-27(4-3-5-29(23)26-6-7-32-35(14-26)46-11-10-45-32)22-48-34-15-33(47-21-25-12-24(16-39)17-40-18-25)28(13-30(34)38)19-41(2)9-8-36(49)37(44)31(43)20-42/h3-7,12-15,17-18,31,36-37,42-44H,8-11,19-22H2,1-2H3/t31-,36?,37-/m1/s1. The third kappa shape index (κ3) is 9.30. The SMILES string of the molecule is Cc1c(COc2cc(OCc3cncc(C#N)c3)c(CN(C)CCC([Si])[C@H](O)[C@H](O)CO)cc2Cl)cccc1-c1ccc2c(c1)OCCO2. The van der Waals surface area contributed by atoms with Crippen molar-refractivity contribution in [2.45, 2.75) is 50.9 Å². The molecule has 1 aliphatic heterocycles. The van der Waals surface area contributed by atoms with Crippen LogP contribution in [0, 0.1) is 18.3 Å². The van der Waals surface area contributed by atoms with Crippen molar-refractivity contribution < 1.29 is 34.3 Å². The largest absolute Gasteiger partial charge is 0.488 e. The number of aromatic nitrogens is 1. The molecule has 3 atom stereocenters. The van der Waals surface area contributed by atoms with Gasteiger partial charge in [0.05, 0.1) is 23.3 Å². The van der Waals surface area contributed by atoms with Crippen LogP contribution >= 0.6 is 11.6 Å². The molecule has 2 heterocycles. The number of nitriles is 1. The number of pyridine rings is 1. The predicted octanol–water partition coefficient (Wildman–Crippen LogP) is 5.00. The fourth-order valence-electron chi connectivity index (χ4n) is 5.53. The molecule has 255 valence electrons. The molecule has 0 bridgehead atoms. The van der Waals surface area contributed by atoms with Gasteiger partial charge >= 0.3 is 0 Å². The summed E-state index contributed by atoms with van der Waals surface area (Å²) in [6.45, 7) is 4.05. The predicted molar refractivity (Wildman–Crippen MR) is 186 cm³/mol. The maximum Gasteiger partial charge on any atom is 0.161 e. The van der Waals surface area contributed by atoms with Crippen molar-refractivity contribution in [1.29, 1.82) is 5.26 Å².